The Morgan fingerprint density at radius 3 is 2.68 bits per heavy atom. The van der Waals surface area contributed by atoms with E-state index in [0.29, 0.717) is 28.7 Å². The number of benzene rings is 2. The second-order valence-corrected chi connectivity index (χ2v) is 8.71. The maximum Gasteiger partial charge on any atom is 0.265 e. The second-order valence-electron chi connectivity index (χ2n) is 7.36. The fraction of sp³-hybridized carbons (Fsp3) is 0.167. The fourth-order valence-corrected chi connectivity index (χ4v) is 3.94. The van der Waals surface area contributed by atoms with Crippen molar-refractivity contribution in [3.63, 3.8) is 0 Å². The Morgan fingerprint density at radius 1 is 1.10 bits per heavy atom. The highest BCUT2D eigenvalue weighted by atomic mass is 35.5. The highest BCUT2D eigenvalue weighted by molar-refractivity contribution is 7.12. The van der Waals surface area contributed by atoms with Gasteiger partial charge in [-0.15, -0.1) is 11.3 Å². The average Bonchev–Trinajstić information content (AvgIpc) is 3.40. The third kappa shape index (κ3) is 5.54. The smallest absolute Gasteiger partial charge is 0.265 e. The first-order chi connectivity index (χ1) is 15.0. The van der Waals surface area contributed by atoms with Crippen LogP contribution in [0.2, 0.25) is 5.02 Å². The van der Waals surface area contributed by atoms with Crippen molar-refractivity contribution >= 4 is 34.5 Å². The van der Waals surface area contributed by atoms with Gasteiger partial charge in [-0.05, 0) is 66.2 Å². The van der Waals surface area contributed by atoms with E-state index in [1.165, 1.54) is 22.5 Å². The van der Waals surface area contributed by atoms with E-state index in [1.807, 2.05) is 60.1 Å². The number of nitrogens with one attached hydrogen (secondary N) is 1. The van der Waals surface area contributed by atoms with Gasteiger partial charge >= 0.3 is 0 Å². The van der Waals surface area contributed by atoms with Crippen LogP contribution in [0, 0.1) is 13.8 Å². The van der Waals surface area contributed by atoms with Gasteiger partial charge in [0.05, 0.1) is 23.3 Å². The lowest BCUT2D eigenvalue weighted by Crippen LogP contribution is -2.09. The van der Waals surface area contributed by atoms with Gasteiger partial charge in [-0.2, -0.15) is 5.10 Å². The standard InChI is InChI=1S/C24H22ClN3O2S/c1-16-3-8-22(9-17(16)2)30-14-19-10-23(31-15-19)24(29)27-21-11-26-28(13-21)12-18-4-6-20(25)7-5-18/h3-11,13,15H,12,14H2,1-2H3,(H,27,29). The van der Waals surface area contributed by atoms with Gasteiger partial charge < -0.3 is 10.1 Å². The number of thiophene rings is 1. The predicted molar refractivity (Wildman–Crippen MR) is 125 cm³/mol. The summed E-state index contributed by atoms with van der Waals surface area (Å²) in [5.41, 5.74) is 5.13. The lowest BCUT2D eigenvalue weighted by atomic mass is 10.1. The summed E-state index contributed by atoms with van der Waals surface area (Å²) in [6.45, 7) is 5.16. The zero-order valence-electron chi connectivity index (χ0n) is 17.3. The molecule has 0 aliphatic heterocycles. The normalized spacial score (nSPS) is 10.8. The molecule has 0 saturated heterocycles. The van der Waals surface area contributed by atoms with Crippen LogP contribution in [-0.4, -0.2) is 15.7 Å². The van der Waals surface area contributed by atoms with Crippen molar-refractivity contribution in [2.75, 3.05) is 5.32 Å². The Balaban J connectivity index is 1.33. The summed E-state index contributed by atoms with van der Waals surface area (Å²) in [5, 5.41) is 9.86. The fourth-order valence-electron chi connectivity index (χ4n) is 3.02. The van der Waals surface area contributed by atoms with Crippen molar-refractivity contribution in [1.82, 2.24) is 9.78 Å². The van der Waals surface area contributed by atoms with Gasteiger partial charge in [0.25, 0.3) is 5.91 Å². The van der Waals surface area contributed by atoms with E-state index in [4.69, 9.17) is 16.3 Å². The first kappa shape index (κ1) is 21.2. The first-order valence-corrected chi connectivity index (χ1v) is 11.1. The quantitative estimate of drug-likeness (QED) is 0.369. The number of anilines is 1. The summed E-state index contributed by atoms with van der Waals surface area (Å²) in [6.07, 6.45) is 3.45. The van der Waals surface area contributed by atoms with Crippen LogP contribution < -0.4 is 10.1 Å². The number of aromatic nitrogens is 2. The zero-order valence-corrected chi connectivity index (χ0v) is 18.8. The third-order valence-electron chi connectivity index (χ3n) is 4.91. The molecule has 0 spiro atoms. The molecule has 0 saturated carbocycles. The number of nitrogens with zero attached hydrogens (tertiary/aromatic N) is 2. The summed E-state index contributed by atoms with van der Waals surface area (Å²) >= 11 is 7.32. The number of amides is 1. The van der Waals surface area contributed by atoms with E-state index in [9.17, 15) is 4.79 Å². The molecule has 0 fully saturated rings. The number of rotatable bonds is 7. The molecule has 0 aliphatic carbocycles. The Kier molecular flexibility index (Phi) is 6.39. The molecule has 0 radical (unpaired) electrons. The van der Waals surface area contributed by atoms with Crippen molar-refractivity contribution in [3.05, 3.63) is 98.5 Å². The minimum atomic E-state index is -0.159. The van der Waals surface area contributed by atoms with E-state index in [1.54, 1.807) is 10.9 Å². The molecule has 1 N–H and O–H groups in total. The Labute approximate surface area is 190 Å². The number of halogens is 1. The molecule has 0 bridgehead atoms. The van der Waals surface area contributed by atoms with Crippen molar-refractivity contribution < 1.29 is 9.53 Å². The Morgan fingerprint density at radius 2 is 1.90 bits per heavy atom. The second kappa shape index (κ2) is 9.37. The molecule has 158 valence electrons. The number of aryl methyl sites for hydroxylation is 2. The van der Waals surface area contributed by atoms with Crippen LogP contribution in [0.15, 0.2) is 66.3 Å². The van der Waals surface area contributed by atoms with Gasteiger partial charge in [0.2, 0.25) is 0 Å². The lowest BCUT2D eigenvalue weighted by Gasteiger charge is -2.07. The van der Waals surface area contributed by atoms with Crippen LogP contribution >= 0.6 is 22.9 Å². The van der Waals surface area contributed by atoms with Gasteiger partial charge in [-0.1, -0.05) is 29.8 Å². The van der Waals surface area contributed by atoms with Gasteiger partial charge in [0, 0.05) is 16.8 Å². The largest absolute Gasteiger partial charge is 0.489 e. The van der Waals surface area contributed by atoms with E-state index in [2.05, 4.69) is 24.3 Å². The third-order valence-corrected chi connectivity index (χ3v) is 6.14. The molecule has 31 heavy (non-hydrogen) atoms. The molecule has 0 unspecified atom stereocenters. The van der Waals surface area contributed by atoms with E-state index in [-0.39, 0.29) is 5.91 Å². The lowest BCUT2D eigenvalue weighted by molar-refractivity contribution is 0.103. The summed E-state index contributed by atoms with van der Waals surface area (Å²) in [6, 6.07) is 15.5. The van der Waals surface area contributed by atoms with Gasteiger partial charge in [0.15, 0.2) is 0 Å². The monoisotopic (exact) mass is 451 g/mol. The van der Waals surface area contributed by atoms with Crippen LogP contribution in [-0.2, 0) is 13.2 Å². The number of hydrogen-bond donors (Lipinski definition) is 1. The topological polar surface area (TPSA) is 56.1 Å². The SMILES string of the molecule is Cc1ccc(OCc2csc(C(=O)Nc3cnn(Cc4ccc(Cl)cc4)c3)c2)cc1C. The molecule has 2 aromatic carbocycles. The number of carbonyl (C=O) groups excluding carboxylic acids is 1. The van der Waals surface area contributed by atoms with Crippen LogP contribution in [0.25, 0.3) is 0 Å². The molecule has 1 amide bonds. The molecular formula is C24H22ClN3O2S. The van der Waals surface area contributed by atoms with Gasteiger partial charge in [-0.25, -0.2) is 0 Å². The van der Waals surface area contributed by atoms with E-state index in [0.717, 1.165) is 16.9 Å². The Hall–Kier alpha value is -3.09. The van der Waals surface area contributed by atoms with E-state index >= 15 is 0 Å². The van der Waals surface area contributed by atoms with E-state index < -0.39 is 0 Å². The molecule has 5 nitrogen and oxygen atoms in total. The summed E-state index contributed by atoms with van der Waals surface area (Å²) in [7, 11) is 0. The van der Waals surface area contributed by atoms with Crippen LogP contribution in [0.5, 0.6) is 5.75 Å². The molecule has 2 aromatic heterocycles. The van der Waals surface area contributed by atoms with Gasteiger partial charge in [0.1, 0.15) is 12.4 Å². The van der Waals surface area contributed by atoms with Crippen LogP contribution in [0.1, 0.15) is 31.9 Å². The first-order valence-electron chi connectivity index (χ1n) is 9.82. The van der Waals surface area contributed by atoms with Crippen LogP contribution in [0.3, 0.4) is 0 Å². The summed E-state index contributed by atoms with van der Waals surface area (Å²) in [5.74, 6) is 0.668. The maximum absolute atomic E-state index is 12.6. The van der Waals surface area contributed by atoms with Crippen LogP contribution in [0.4, 0.5) is 5.69 Å². The Bertz CT molecular complexity index is 1200. The molecule has 4 aromatic rings. The van der Waals surface area contributed by atoms with Gasteiger partial charge in [-0.3, -0.25) is 9.48 Å². The summed E-state index contributed by atoms with van der Waals surface area (Å²) in [4.78, 5) is 13.2. The maximum atomic E-state index is 12.6. The molecular weight excluding hydrogens is 430 g/mol. The van der Waals surface area contributed by atoms with Crippen molar-refractivity contribution in [3.8, 4) is 5.75 Å². The molecule has 2 heterocycles. The minimum Gasteiger partial charge on any atom is -0.489 e. The van der Waals surface area contributed by atoms with Crippen molar-refractivity contribution in [1.29, 1.82) is 0 Å². The molecule has 7 heteroatoms. The number of carbonyl (C=O) groups is 1. The molecule has 0 atom stereocenters. The van der Waals surface area contributed by atoms with Crippen molar-refractivity contribution in [2.24, 2.45) is 0 Å². The average molecular weight is 452 g/mol. The predicted octanol–water partition coefficient (Wildman–Crippen LogP) is 6.09. The number of hydrogen-bond acceptors (Lipinski definition) is 4. The summed E-state index contributed by atoms with van der Waals surface area (Å²) < 4.78 is 7.63. The number of ether oxygens (including phenoxy) is 1. The van der Waals surface area contributed by atoms with Crippen molar-refractivity contribution in [2.45, 2.75) is 27.0 Å². The highest BCUT2D eigenvalue weighted by Gasteiger charge is 2.11. The minimum absolute atomic E-state index is 0.159. The highest BCUT2D eigenvalue weighted by Crippen LogP contribution is 2.21. The molecule has 4 rings (SSSR count). The zero-order chi connectivity index (χ0) is 21.8. The molecule has 0 aliphatic rings.